The van der Waals surface area contributed by atoms with Crippen LogP contribution in [0.4, 0.5) is 0 Å². The zero-order valence-electron chi connectivity index (χ0n) is 13.5. The van der Waals surface area contributed by atoms with Crippen LogP contribution in [0.15, 0.2) is 12.3 Å². The van der Waals surface area contributed by atoms with Gasteiger partial charge in [-0.1, -0.05) is 26.7 Å². The van der Waals surface area contributed by atoms with Crippen LogP contribution >= 0.6 is 0 Å². The molecule has 2 heterocycles. The molecule has 1 N–H and O–H groups in total. The zero-order valence-corrected chi connectivity index (χ0v) is 13.5. The van der Waals surface area contributed by atoms with Crippen molar-refractivity contribution in [3.05, 3.63) is 18.0 Å². The maximum atomic E-state index is 6.40. The first kappa shape index (κ1) is 15.0. The molecule has 1 aromatic rings. The van der Waals surface area contributed by atoms with Gasteiger partial charge in [0.25, 0.3) is 0 Å². The van der Waals surface area contributed by atoms with E-state index in [2.05, 4.69) is 35.0 Å². The van der Waals surface area contributed by atoms with E-state index in [-0.39, 0.29) is 5.60 Å². The molecule has 0 amide bonds. The first-order valence-electron chi connectivity index (χ1n) is 8.56. The summed E-state index contributed by atoms with van der Waals surface area (Å²) in [7, 11) is 0. The molecule has 1 atom stereocenters. The molecule has 0 radical (unpaired) electrons. The topological polar surface area (TPSA) is 39.1 Å². The fourth-order valence-corrected chi connectivity index (χ4v) is 3.77. The van der Waals surface area contributed by atoms with Crippen LogP contribution in [0.25, 0.3) is 0 Å². The Kier molecular flexibility index (Phi) is 4.65. The second-order valence-electron chi connectivity index (χ2n) is 7.20. The fraction of sp³-hybridized carbons (Fsp3) is 0.824. The Balaban J connectivity index is 1.52. The predicted molar refractivity (Wildman–Crippen MR) is 84.1 cm³/mol. The van der Waals surface area contributed by atoms with E-state index in [1.807, 2.05) is 6.20 Å². The molecule has 21 heavy (non-hydrogen) atoms. The number of nitrogens with zero attached hydrogens (tertiary/aromatic N) is 2. The first-order chi connectivity index (χ1) is 10.2. The van der Waals surface area contributed by atoms with Gasteiger partial charge < -0.3 is 10.1 Å². The van der Waals surface area contributed by atoms with Crippen molar-refractivity contribution < 1.29 is 4.74 Å². The van der Waals surface area contributed by atoms with Crippen LogP contribution in [0, 0.1) is 5.92 Å². The molecule has 1 unspecified atom stereocenters. The molecule has 118 valence electrons. The molecular weight excluding hydrogens is 262 g/mol. The van der Waals surface area contributed by atoms with Crippen LogP contribution in [-0.4, -0.2) is 28.0 Å². The van der Waals surface area contributed by atoms with Crippen molar-refractivity contribution in [3.8, 4) is 0 Å². The molecule has 1 aliphatic heterocycles. The third-order valence-corrected chi connectivity index (χ3v) is 4.89. The van der Waals surface area contributed by atoms with Crippen LogP contribution < -0.4 is 5.32 Å². The Morgan fingerprint density at radius 3 is 2.95 bits per heavy atom. The molecule has 0 aromatic carbocycles. The van der Waals surface area contributed by atoms with Gasteiger partial charge in [0.05, 0.1) is 23.9 Å². The second-order valence-corrected chi connectivity index (χ2v) is 7.20. The average molecular weight is 291 g/mol. The standard InChI is InChI=1S/C17H29N3O/c1-14(2)11-18-12-15-6-10-19-20(15)13-16-5-9-17(21-16)7-3-4-8-17/h6,10,14,16,18H,3-5,7-9,11-13H2,1-2H3. The van der Waals surface area contributed by atoms with Crippen molar-refractivity contribution >= 4 is 0 Å². The molecular formula is C17H29N3O. The third kappa shape index (κ3) is 3.67. The van der Waals surface area contributed by atoms with Gasteiger partial charge >= 0.3 is 0 Å². The van der Waals surface area contributed by atoms with E-state index in [4.69, 9.17) is 4.74 Å². The lowest BCUT2D eigenvalue weighted by molar-refractivity contribution is -0.0431. The molecule has 1 spiro atoms. The molecule has 2 aliphatic rings. The molecule has 3 rings (SSSR count). The lowest BCUT2D eigenvalue weighted by Gasteiger charge is -2.24. The Morgan fingerprint density at radius 2 is 2.19 bits per heavy atom. The minimum atomic E-state index is 0.230. The molecule has 4 heteroatoms. The van der Waals surface area contributed by atoms with Crippen molar-refractivity contribution in [2.45, 2.75) is 77.2 Å². The van der Waals surface area contributed by atoms with E-state index in [1.54, 1.807) is 0 Å². The quantitative estimate of drug-likeness (QED) is 0.875. The van der Waals surface area contributed by atoms with Gasteiger partial charge in [-0.2, -0.15) is 5.10 Å². The van der Waals surface area contributed by atoms with Crippen molar-refractivity contribution in [1.29, 1.82) is 0 Å². The largest absolute Gasteiger partial charge is 0.370 e. The van der Waals surface area contributed by atoms with Crippen LogP contribution in [0.5, 0.6) is 0 Å². The van der Waals surface area contributed by atoms with Crippen LogP contribution in [0.1, 0.15) is 58.1 Å². The van der Waals surface area contributed by atoms with Gasteiger partial charge in [-0.15, -0.1) is 0 Å². The van der Waals surface area contributed by atoms with Crippen molar-refractivity contribution in [2.75, 3.05) is 6.54 Å². The molecule has 1 aromatic heterocycles. The number of rotatable bonds is 6. The van der Waals surface area contributed by atoms with Gasteiger partial charge in [-0.25, -0.2) is 0 Å². The molecule has 1 aliphatic carbocycles. The van der Waals surface area contributed by atoms with Gasteiger partial charge in [-0.05, 0) is 44.2 Å². The maximum Gasteiger partial charge on any atom is 0.0779 e. The number of hydrogen-bond donors (Lipinski definition) is 1. The number of ether oxygens (including phenoxy) is 1. The second kappa shape index (κ2) is 6.49. The Bertz CT molecular complexity index is 449. The molecule has 4 nitrogen and oxygen atoms in total. The van der Waals surface area contributed by atoms with Gasteiger partial charge in [0.15, 0.2) is 0 Å². The molecule has 2 fully saturated rings. The third-order valence-electron chi connectivity index (χ3n) is 4.89. The van der Waals surface area contributed by atoms with Crippen molar-refractivity contribution in [1.82, 2.24) is 15.1 Å². The van der Waals surface area contributed by atoms with Crippen LogP contribution in [0.3, 0.4) is 0 Å². The summed E-state index contributed by atoms with van der Waals surface area (Å²) < 4.78 is 8.53. The van der Waals surface area contributed by atoms with Crippen LogP contribution in [-0.2, 0) is 17.8 Å². The van der Waals surface area contributed by atoms with E-state index in [9.17, 15) is 0 Å². The highest BCUT2D eigenvalue weighted by molar-refractivity contribution is 5.01. The van der Waals surface area contributed by atoms with Gasteiger partial charge in [0.2, 0.25) is 0 Å². The Hall–Kier alpha value is -0.870. The maximum absolute atomic E-state index is 6.40. The summed E-state index contributed by atoms with van der Waals surface area (Å²) in [4.78, 5) is 0. The van der Waals surface area contributed by atoms with Gasteiger partial charge in [0.1, 0.15) is 0 Å². The van der Waals surface area contributed by atoms with E-state index >= 15 is 0 Å². The average Bonchev–Trinajstić information content (AvgIpc) is 3.15. The summed E-state index contributed by atoms with van der Waals surface area (Å²) in [6.45, 7) is 7.33. The summed E-state index contributed by atoms with van der Waals surface area (Å²) in [6, 6.07) is 2.12. The fourth-order valence-electron chi connectivity index (χ4n) is 3.77. The zero-order chi connectivity index (χ0) is 14.7. The lowest BCUT2D eigenvalue weighted by atomic mass is 9.98. The molecule has 0 bridgehead atoms. The SMILES string of the molecule is CC(C)CNCc1ccnn1CC1CCC2(CCCC2)O1. The summed E-state index contributed by atoms with van der Waals surface area (Å²) in [5.74, 6) is 0.682. The highest BCUT2D eigenvalue weighted by Gasteiger charge is 2.42. The highest BCUT2D eigenvalue weighted by atomic mass is 16.5. The number of aromatic nitrogens is 2. The van der Waals surface area contributed by atoms with Crippen molar-refractivity contribution in [3.63, 3.8) is 0 Å². The minimum Gasteiger partial charge on any atom is -0.370 e. The first-order valence-corrected chi connectivity index (χ1v) is 8.56. The molecule has 1 saturated heterocycles. The summed E-state index contributed by atoms with van der Waals surface area (Å²) in [5.41, 5.74) is 1.50. The lowest BCUT2D eigenvalue weighted by Crippen LogP contribution is -2.28. The summed E-state index contributed by atoms with van der Waals surface area (Å²) in [6.07, 6.45) is 9.94. The Labute approximate surface area is 128 Å². The van der Waals surface area contributed by atoms with Crippen LogP contribution in [0.2, 0.25) is 0 Å². The summed E-state index contributed by atoms with van der Waals surface area (Å²) >= 11 is 0. The smallest absolute Gasteiger partial charge is 0.0779 e. The van der Waals surface area contributed by atoms with Gasteiger partial charge in [-0.3, -0.25) is 4.68 Å². The monoisotopic (exact) mass is 291 g/mol. The number of hydrogen-bond acceptors (Lipinski definition) is 3. The Morgan fingerprint density at radius 1 is 1.38 bits per heavy atom. The minimum absolute atomic E-state index is 0.230. The summed E-state index contributed by atoms with van der Waals surface area (Å²) in [5, 5.41) is 7.99. The van der Waals surface area contributed by atoms with E-state index in [1.165, 1.54) is 44.2 Å². The number of nitrogens with one attached hydrogen (secondary N) is 1. The normalized spacial score (nSPS) is 24.4. The molecule has 1 saturated carbocycles. The van der Waals surface area contributed by atoms with Gasteiger partial charge in [0, 0.05) is 12.7 Å². The van der Waals surface area contributed by atoms with E-state index < -0.39 is 0 Å². The van der Waals surface area contributed by atoms with E-state index in [0.717, 1.165) is 19.6 Å². The van der Waals surface area contributed by atoms with E-state index in [0.29, 0.717) is 12.0 Å². The highest BCUT2D eigenvalue weighted by Crippen LogP contribution is 2.43. The van der Waals surface area contributed by atoms with Crippen molar-refractivity contribution in [2.24, 2.45) is 5.92 Å². The predicted octanol–water partition coefficient (Wildman–Crippen LogP) is 3.12.